The minimum absolute atomic E-state index is 0.210. The van der Waals surface area contributed by atoms with E-state index in [9.17, 15) is 9.35 Å². The quantitative estimate of drug-likeness (QED) is 0.634. The Morgan fingerprint density at radius 3 is 2.55 bits per heavy atom. The first-order valence-corrected chi connectivity index (χ1v) is 5.01. The number of rotatable bonds is 1. The molecule has 0 aromatic heterocycles. The van der Waals surface area contributed by atoms with E-state index >= 15 is 0 Å². The Morgan fingerprint density at radius 2 is 2.09 bits per heavy atom. The fourth-order valence-corrected chi connectivity index (χ4v) is 2.32. The molecule has 1 amide bonds. The monoisotopic (exact) mass is 173 g/mol. The van der Waals surface area contributed by atoms with Crippen LogP contribution in [0.2, 0.25) is 0 Å². The summed E-state index contributed by atoms with van der Waals surface area (Å²) in [5, 5.41) is 3.29. The third kappa shape index (κ3) is 2.40. The molecule has 0 spiro atoms. The molecule has 0 bridgehead atoms. The van der Waals surface area contributed by atoms with Crippen LogP contribution >= 0.6 is 10.5 Å². The number of hydrogen-bond acceptors (Lipinski definition) is 2. The van der Waals surface area contributed by atoms with E-state index in [4.69, 9.17) is 0 Å². The van der Waals surface area contributed by atoms with Crippen molar-refractivity contribution < 1.29 is 9.35 Å². The molecule has 0 aromatic carbocycles. The number of carbonyl (C=O) groups excluding carboxylic acids is 1. The van der Waals surface area contributed by atoms with Gasteiger partial charge in [0.1, 0.15) is 0 Å². The average Bonchev–Trinajstić information content (AvgIpc) is 1.85. The first-order valence-electron chi connectivity index (χ1n) is 3.30. The standard InChI is InChI=1S/C7H11NO2S/c1-7(9)8-11(10)5-3-2-4-6-11/h3-6,10H,2H2,1H3,(H,8,9). The first-order chi connectivity index (χ1) is 5.12. The second-order valence-corrected chi connectivity index (χ2v) is 4.41. The van der Waals surface area contributed by atoms with Gasteiger partial charge >= 0.3 is 0 Å². The molecule has 1 aliphatic heterocycles. The molecular weight excluding hydrogens is 162 g/mol. The van der Waals surface area contributed by atoms with Gasteiger partial charge in [0.25, 0.3) is 0 Å². The van der Waals surface area contributed by atoms with Crippen LogP contribution in [0.15, 0.2) is 23.0 Å². The Kier molecular flexibility index (Phi) is 2.36. The lowest BCUT2D eigenvalue weighted by Gasteiger charge is -2.28. The zero-order valence-corrected chi connectivity index (χ0v) is 7.10. The Labute approximate surface area is 67.5 Å². The van der Waals surface area contributed by atoms with Crippen molar-refractivity contribution in [2.75, 3.05) is 0 Å². The van der Waals surface area contributed by atoms with E-state index in [1.54, 1.807) is 10.8 Å². The van der Waals surface area contributed by atoms with Gasteiger partial charge in [-0.2, -0.15) is 0 Å². The molecule has 1 rings (SSSR count). The highest BCUT2D eigenvalue weighted by Crippen LogP contribution is 2.44. The molecule has 0 aromatic rings. The van der Waals surface area contributed by atoms with Crippen molar-refractivity contribution in [1.82, 2.24) is 4.72 Å². The molecule has 1 heterocycles. The van der Waals surface area contributed by atoms with Gasteiger partial charge in [0, 0.05) is 6.92 Å². The van der Waals surface area contributed by atoms with Gasteiger partial charge in [0.05, 0.1) is 0 Å². The summed E-state index contributed by atoms with van der Waals surface area (Å²) < 4.78 is 12.1. The van der Waals surface area contributed by atoms with Crippen LogP contribution in [0, 0.1) is 0 Å². The van der Waals surface area contributed by atoms with Crippen molar-refractivity contribution in [3.05, 3.63) is 23.0 Å². The molecule has 0 atom stereocenters. The Hall–Kier alpha value is -0.740. The number of carbonyl (C=O) groups is 1. The topological polar surface area (TPSA) is 49.3 Å². The molecular formula is C7H11NO2S. The smallest absolute Gasteiger partial charge is 0.227 e. The Balaban J connectivity index is 2.65. The lowest BCUT2D eigenvalue weighted by atomic mass is 10.4. The highest BCUT2D eigenvalue weighted by molar-refractivity contribution is 8.32. The highest BCUT2D eigenvalue weighted by Gasteiger charge is 2.15. The molecule has 0 saturated heterocycles. The van der Waals surface area contributed by atoms with E-state index in [1.165, 1.54) is 6.92 Å². The van der Waals surface area contributed by atoms with Gasteiger partial charge in [-0.05, 0) is 27.7 Å². The van der Waals surface area contributed by atoms with Crippen molar-refractivity contribution in [2.45, 2.75) is 13.3 Å². The van der Waals surface area contributed by atoms with Gasteiger partial charge in [-0.15, -0.1) is 0 Å². The van der Waals surface area contributed by atoms with Crippen LogP contribution in [0.3, 0.4) is 0 Å². The molecule has 62 valence electrons. The minimum atomic E-state index is -2.10. The van der Waals surface area contributed by atoms with Crippen molar-refractivity contribution >= 4 is 16.4 Å². The molecule has 0 fully saturated rings. The summed E-state index contributed by atoms with van der Waals surface area (Å²) in [5.74, 6) is -0.210. The van der Waals surface area contributed by atoms with E-state index in [1.807, 2.05) is 12.2 Å². The summed E-state index contributed by atoms with van der Waals surface area (Å²) in [4.78, 5) is 10.6. The average molecular weight is 173 g/mol. The number of nitrogens with one attached hydrogen (secondary N) is 1. The predicted octanol–water partition coefficient (Wildman–Crippen LogP) is 1.75. The number of allylic oxidation sites excluding steroid dienone is 2. The normalized spacial score (nSPS) is 22.7. The van der Waals surface area contributed by atoms with Crippen LogP contribution in [0.25, 0.3) is 0 Å². The first kappa shape index (κ1) is 8.36. The van der Waals surface area contributed by atoms with E-state index in [0.717, 1.165) is 6.42 Å². The minimum Gasteiger partial charge on any atom is -0.326 e. The van der Waals surface area contributed by atoms with E-state index in [-0.39, 0.29) is 5.91 Å². The second-order valence-electron chi connectivity index (χ2n) is 2.31. The number of amides is 1. The lowest BCUT2D eigenvalue weighted by Crippen LogP contribution is -2.22. The Bertz CT molecular complexity index is 210. The highest BCUT2D eigenvalue weighted by atomic mass is 32.3. The van der Waals surface area contributed by atoms with E-state index < -0.39 is 10.5 Å². The van der Waals surface area contributed by atoms with Gasteiger partial charge < -0.3 is 4.55 Å². The maximum Gasteiger partial charge on any atom is 0.227 e. The predicted molar refractivity (Wildman–Crippen MR) is 46.9 cm³/mol. The summed E-state index contributed by atoms with van der Waals surface area (Å²) in [5.41, 5.74) is 0. The maximum atomic E-state index is 10.6. The Morgan fingerprint density at radius 1 is 1.55 bits per heavy atom. The van der Waals surface area contributed by atoms with Crippen LogP contribution < -0.4 is 4.72 Å². The molecule has 11 heavy (non-hydrogen) atoms. The maximum absolute atomic E-state index is 10.6. The molecule has 2 N–H and O–H groups in total. The van der Waals surface area contributed by atoms with Gasteiger partial charge in [-0.1, -0.05) is 12.2 Å². The summed E-state index contributed by atoms with van der Waals surface area (Å²) in [6.45, 7) is 1.39. The van der Waals surface area contributed by atoms with Gasteiger partial charge in [0.15, 0.2) is 0 Å². The fourth-order valence-electron chi connectivity index (χ4n) is 0.827. The molecule has 0 unspecified atom stereocenters. The largest absolute Gasteiger partial charge is 0.326 e. The van der Waals surface area contributed by atoms with Crippen LogP contribution in [0.5, 0.6) is 0 Å². The van der Waals surface area contributed by atoms with Crippen molar-refractivity contribution in [2.24, 2.45) is 0 Å². The van der Waals surface area contributed by atoms with Crippen LogP contribution in [0.4, 0.5) is 0 Å². The molecule has 1 aliphatic rings. The third-order valence-electron chi connectivity index (χ3n) is 1.19. The molecule has 0 aliphatic carbocycles. The van der Waals surface area contributed by atoms with Crippen LogP contribution in [-0.2, 0) is 4.79 Å². The third-order valence-corrected chi connectivity index (χ3v) is 3.02. The molecule has 4 heteroatoms. The van der Waals surface area contributed by atoms with E-state index in [2.05, 4.69) is 4.72 Å². The zero-order valence-electron chi connectivity index (χ0n) is 6.28. The number of hydrogen-bond donors (Lipinski definition) is 2. The fraction of sp³-hybridized carbons (Fsp3) is 0.286. The molecule has 3 nitrogen and oxygen atoms in total. The van der Waals surface area contributed by atoms with Crippen LogP contribution in [0.1, 0.15) is 13.3 Å². The molecule has 0 saturated carbocycles. The SMILES string of the molecule is CC(=O)NS1(O)C=CCC=C1. The van der Waals surface area contributed by atoms with Crippen LogP contribution in [-0.4, -0.2) is 10.5 Å². The van der Waals surface area contributed by atoms with Gasteiger partial charge in [-0.25, -0.2) is 0 Å². The second kappa shape index (κ2) is 3.11. The van der Waals surface area contributed by atoms with E-state index in [0.29, 0.717) is 0 Å². The van der Waals surface area contributed by atoms with Crippen molar-refractivity contribution in [3.63, 3.8) is 0 Å². The van der Waals surface area contributed by atoms with Gasteiger partial charge in [-0.3, -0.25) is 9.52 Å². The summed E-state index contributed by atoms with van der Waals surface area (Å²) in [6, 6.07) is 0. The lowest BCUT2D eigenvalue weighted by molar-refractivity contribution is -0.117. The van der Waals surface area contributed by atoms with Gasteiger partial charge in [0.2, 0.25) is 5.91 Å². The van der Waals surface area contributed by atoms with Crippen molar-refractivity contribution in [1.29, 1.82) is 0 Å². The molecule has 0 radical (unpaired) electrons. The van der Waals surface area contributed by atoms with Crippen molar-refractivity contribution in [3.8, 4) is 0 Å². The summed E-state index contributed by atoms with van der Waals surface area (Å²) >= 11 is 0. The summed E-state index contributed by atoms with van der Waals surface area (Å²) in [6.07, 6.45) is 4.51. The summed E-state index contributed by atoms with van der Waals surface area (Å²) in [7, 11) is -2.10. The zero-order chi connectivity index (χ0) is 8.32.